The van der Waals surface area contributed by atoms with Gasteiger partial charge < -0.3 is 10.1 Å². The number of hydrogen-bond acceptors (Lipinski definition) is 2. The first-order chi connectivity index (χ1) is 8.81. The zero-order chi connectivity index (χ0) is 13.5. The summed E-state index contributed by atoms with van der Waals surface area (Å²) in [6.45, 7) is 7.58. The Bertz CT molecular complexity index is 150. The molecule has 0 aromatic heterocycles. The lowest BCUT2D eigenvalue weighted by atomic mass is 10.0. The van der Waals surface area contributed by atoms with Gasteiger partial charge in [-0.25, -0.2) is 0 Å². The molecule has 18 heavy (non-hydrogen) atoms. The van der Waals surface area contributed by atoms with E-state index in [4.69, 9.17) is 4.74 Å². The van der Waals surface area contributed by atoms with Gasteiger partial charge in [0.05, 0.1) is 6.61 Å². The number of rotatable bonds is 14. The molecule has 0 aromatic rings. The van der Waals surface area contributed by atoms with Gasteiger partial charge in [-0.15, -0.1) is 0 Å². The lowest BCUT2D eigenvalue weighted by Crippen LogP contribution is -2.24. The zero-order valence-electron chi connectivity index (χ0n) is 13.0. The summed E-state index contributed by atoms with van der Waals surface area (Å²) in [6.07, 6.45) is 12.7. The van der Waals surface area contributed by atoms with Crippen LogP contribution < -0.4 is 5.32 Å². The average molecular weight is 257 g/mol. The third-order valence-corrected chi connectivity index (χ3v) is 3.53. The number of nitrogens with one attached hydrogen (secondary N) is 1. The first-order valence-corrected chi connectivity index (χ1v) is 8.00. The molecule has 110 valence electrons. The molecule has 0 amide bonds. The quantitative estimate of drug-likeness (QED) is 0.466. The van der Waals surface area contributed by atoms with Crippen molar-refractivity contribution in [2.75, 3.05) is 26.8 Å². The van der Waals surface area contributed by atoms with Gasteiger partial charge in [0.2, 0.25) is 0 Å². The lowest BCUT2D eigenvalue weighted by Gasteiger charge is -2.12. The lowest BCUT2D eigenvalue weighted by molar-refractivity contribution is 0.198. The topological polar surface area (TPSA) is 21.3 Å². The second-order valence-corrected chi connectivity index (χ2v) is 5.57. The summed E-state index contributed by atoms with van der Waals surface area (Å²) in [5.74, 6) is 0.807. The summed E-state index contributed by atoms with van der Waals surface area (Å²) < 4.78 is 5.01. The Hall–Kier alpha value is -0.0800. The van der Waals surface area contributed by atoms with E-state index in [0.29, 0.717) is 0 Å². The standard InChI is InChI=1S/C16H35NO/c1-4-5-6-7-8-9-10-11-12-16(2)15-17-13-14-18-3/h16-17H,4-15H2,1-3H3. The third-order valence-electron chi connectivity index (χ3n) is 3.53. The molecular formula is C16H35NO. The van der Waals surface area contributed by atoms with Crippen molar-refractivity contribution in [3.8, 4) is 0 Å². The molecule has 1 N–H and O–H groups in total. The van der Waals surface area contributed by atoms with Gasteiger partial charge in [-0.3, -0.25) is 0 Å². The van der Waals surface area contributed by atoms with Crippen LogP contribution in [0.15, 0.2) is 0 Å². The monoisotopic (exact) mass is 257 g/mol. The number of methoxy groups -OCH3 is 1. The molecule has 0 aliphatic rings. The summed E-state index contributed by atoms with van der Waals surface area (Å²) in [5.41, 5.74) is 0. The van der Waals surface area contributed by atoms with E-state index in [9.17, 15) is 0 Å². The molecular weight excluding hydrogens is 222 g/mol. The van der Waals surface area contributed by atoms with Crippen LogP contribution in [0.1, 0.15) is 71.6 Å². The van der Waals surface area contributed by atoms with Crippen LogP contribution in [-0.4, -0.2) is 26.8 Å². The number of unbranched alkanes of at least 4 members (excludes halogenated alkanes) is 7. The smallest absolute Gasteiger partial charge is 0.0587 e. The minimum atomic E-state index is 0.807. The Morgan fingerprint density at radius 1 is 0.944 bits per heavy atom. The van der Waals surface area contributed by atoms with Crippen LogP contribution in [0.2, 0.25) is 0 Å². The molecule has 0 saturated heterocycles. The molecule has 0 bridgehead atoms. The molecule has 0 aliphatic carbocycles. The number of ether oxygens (including phenoxy) is 1. The van der Waals surface area contributed by atoms with Crippen LogP contribution in [0.5, 0.6) is 0 Å². The van der Waals surface area contributed by atoms with Gasteiger partial charge in [-0.2, -0.15) is 0 Å². The van der Waals surface area contributed by atoms with Crippen molar-refractivity contribution in [3.63, 3.8) is 0 Å². The first kappa shape index (κ1) is 17.9. The second-order valence-electron chi connectivity index (χ2n) is 5.57. The van der Waals surface area contributed by atoms with E-state index < -0.39 is 0 Å². The van der Waals surface area contributed by atoms with Crippen molar-refractivity contribution in [1.82, 2.24) is 5.32 Å². The highest BCUT2D eigenvalue weighted by Gasteiger charge is 2.01. The van der Waals surface area contributed by atoms with Crippen molar-refractivity contribution < 1.29 is 4.74 Å². The molecule has 1 atom stereocenters. The molecule has 2 heteroatoms. The molecule has 0 spiro atoms. The van der Waals surface area contributed by atoms with Gasteiger partial charge in [0, 0.05) is 13.7 Å². The Balaban J connectivity index is 3.08. The van der Waals surface area contributed by atoms with Gasteiger partial charge in [0.25, 0.3) is 0 Å². The van der Waals surface area contributed by atoms with Crippen LogP contribution >= 0.6 is 0 Å². The van der Waals surface area contributed by atoms with Crippen LogP contribution in [0.25, 0.3) is 0 Å². The number of hydrogen-bond donors (Lipinski definition) is 1. The van der Waals surface area contributed by atoms with Crippen molar-refractivity contribution in [3.05, 3.63) is 0 Å². The Kier molecular flexibility index (Phi) is 14.9. The van der Waals surface area contributed by atoms with E-state index >= 15 is 0 Å². The Labute approximate surface area is 115 Å². The van der Waals surface area contributed by atoms with E-state index in [1.165, 1.54) is 57.8 Å². The summed E-state index contributed by atoms with van der Waals surface area (Å²) in [6, 6.07) is 0. The van der Waals surface area contributed by atoms with Crippen LogP contribution in [0, 0.1) is 5.92 Å². The van der Waals surface area contributed by atoms with Crippen molar-refractivity contribution >= 4 is 0 Å². The third kappa shape index (κ3) is 14.0. The SMILES string of the molecule is CCCCCCCCCCC(C)CNCCOC. The second kappa shape index (κ2) is 15.0. The highest BCUT2D eigenvalue weighted by molar-refractivity contribution is 4.57. The van der Waals surface area contributed by atoms with Gasteiger partial charge in [0.1, 0.15) is 0 Å². The zero-order valence-corrected chi connectivity index (χ0v) is 13.0. The van der Waals surface area contributed by atoms with Crippen molar-refractivity contribution in [2.24, 2.45) is 5.92 Å². The van der Waals surface area contributed by atoms with Gasteiger partial charge in [-0.05, 0) is 18.9 Å². The van der Waals surface area contributed by atoms with Gasteiger partial charge in [0.15, 0.2) is 0 Å². The van der Waals surface area contributed by atoms with E-state index in [1.54, 1.807) is 7.11 Å². The average Bonchev–Trinajstić information content (AvgIpc) is 2.38. The fraction of sp³-hybridized carbons (Fsp3) is 1.00. The molecule has 1 unspecified atom stereocenters. The fourth-order valence-corrected chi connectivity index (χ4v) is 2.25. The largest absolute Gasteiger partial charge is 0.383 e. The summed E-state index contributed by atoms with van der Waals surface area (Å²) in [4.78, 5) is 0. The maximum atomic E-state index is 5.01. The van der Waals surface area contributed by atoms with Crippen LogP contribution in [-0.2, 0) is 4.74 Å². The predicted octanol–water partition coefficient (Wildman–Crippen LogP) is 4.39. The molecule has 0 radical (unpaired) electrons. The molecule has 2 nitrogen and oxygen atoms in total. The molecule has 0 saturated carbocycles. The van der Waals surface area contributed by atoms with Crippen molar-refractivity contribution in [2.45, 2.75) is 71.6 Å². The van der Waals surface area contributed by atoms with Gasteiger partial charge in [-0.1, -0.05) is 65.2 Å². The van der Waals surface area contributed by atoms with E-state index in [1.807, 2.05) is 0 Å². The minimum Gasteiger partial charge on any atom is -0.383 e. The van der Waals surface area contributed by atoms with Crippen LogP contribution in [0.3, 0.4) is 0 Å². The summed E-state index contributed by atoms with van der Waals surface area (Å²) >= 11 is 0. The van der Waals surface area contributed by atoms with E-state index in [0.717, 1.165) is 25.6 Å². The Morgan fingerprint density at radius 3 is 2.17 bits per heavy atom. The minimum absolute atomic E-state index is 0.807. The van der Waals surface area contributed by atoms with Gasteiger partial charge >= 0.3 is 0 Å². The maximum Gasteiger partial charge on any atom is 0.0587 e. The molecule has 0 aromatic carbocycles. The highest BCUT2D eigenvalue weighted by Crippen LogP contribution is 2.12. The van der Waals surface area contributed by atoms with Crippen LogP contribution in [0.4, 0.5) is 0 Å². The predicted molar refractivity (Wildman–Crippen MR) is 81.1 cm³/mol. The molecule has 0 heterocycles. The Morgan fingerprint density at radius 2 is 1.56 bits per heavy atom. The molecule has 0 rings (SSSR count). The fourth-order valence-electron chi connectivity index (χ4n) is 2.25. The first-order valence-electron chi connectivity index (χ1n) is 8.00. The summed E-state index contributed by atoms with van der Waals surface area (Å²) in [7, 11) is 1.76. The summed E-state index contributed by atoms with van der Waals surface area (Å²) in [5, 5.41) is 3.44. The maximum absolute atomic E-state index is 5.01. The van der Waals surface area contributed by atoms with Crippen molar-refractivity contribution in [1.29, 1.82) is 0 Å². The van der Waals surface area contributed by atoms with E-state index in [-0.39, 0.29) is 0 Å². The van der Waals surface area contributed by atoms with E-state index in [2.05, 4.69) is 19.2 Å². The highest BCUT2D eigenvalue weighted by atomic mass is 16.5. The normalized spacial score (nSPS) is 12.8. The molecule has 0 aliphatic heterocycles. The molecule has 0 fully saturated rings.